The van der Waals surface area contributed by atoms with E-state index in [1.165, 1.54) is 18.4 Å². The van der Waals surface area contributed by atoms with Crippen LogP contribution in [0.4, 0.5) is 5.82 Å². The molecule has 16 heavy (non-hydrogen) atoms. The van der Waals surface area contributed by atoms with Gasteiger partial charge in [0.1, 0.15) is 5.82 Å². The Balaban J connectivity index is 1.88. The maximum absolute atomic E-state index is 5.45. The molecule has 1 aromatic heterocycles. The Hall–Kier alpha value is -0.610. The molecule has 1 N–H and O–H groups in total. The fourth-order valence-corrected chi connectivity index (χ4v) is 2.48. The fourth-order valence-electron chi connectivity index (χ4n) is 1.87. The highest BCUT2D eigenvalue weighted by Gasteiger charge is 2.14. The number of ether oxygens (including phenoxy) is 1. The molecule has 1 fully saturated rings. The lowest BCUT2D eigenvalue weighted by molar-refractivity contribution is 0.0595. The third-order valence-electron chi connectivity index (χ3n) is 2.79. The zero-order valence-corrected chi connectivity index (χ0v) is 11.1. The highest BCUT2D eigenvalue weighted by Crippen LogP contribution is 2.21. The van der Waals surface area contributed by atoms with Crippen LogP contribution in [0.1, 0.15) is 18.4 Å². The van der Waals surface area contributed by atoms with Gasteiger partial charge in [0, 0.05) is 19.3 Å². The van der Waals surface area contributed by atoms with E-state index in [0.29, 0.717) is 5.92 Å². The van der Waals surface area contributed by atoms with Gasteiger partial charge < -0.3 is 10.1 Å². The Morgan fingerprint density at radius 3 is 3.19 bits per heavy atom. The smallest absolute Gasteiger partial charge is 0.140 e. The minimum absolute atomic E-state index is 0.615. The molecule has 88 valence electrons. The predicted molar refractivity (Wildman–Crippen MR) is 68.7 cm³/mol. The number of nitrogens with zero attached hydrogens (tertiary/aromatic N) is 1. The molecular weight excluding hydrogens is 268 g/mol. The summed E-state index contributed by atoms with van der Waals surface area (Å²) in [4.78, 5) is 4.36. The highest BCUT2D eigenvalue weighted by atomic mass is 79.9. The molecule has 1 aliphatic rings. The lowest BCUT2D eigenvalue weighted by Crippen LogP contribution is -2.24. The zero-order valence-electron chi connectivity index (χ0n) is 9.50. The maximum atomic E-state index is 5.45. The topological polar surface area (TPSA) is 34.2 Å². The molecule has 3 nitrogen and oxygen atoms in total. The van der Waals surface area contributed by atoms with E-state index in [-0.39, 0.29) is 0 Å². The van der Waals surface area contributed by atoms with E-state index >= 15 is 0 Å². The van der Waals surface area contributed by atoms with Gasteiger partial charge in [-0.1, -0.05) is 0 Å². The normalized spacial score (nSPS) is 20.8. The lowest BCUT2D eigenvalue weighted by atomic mass is 10.0. The van der Waals surface area contributed by atoms with Gasteiger partial charge in [-0.05, 0) is 53.2 Å². The van der Waals surface area contributed by atoms with E-state index in [1.807, 2.05) is 13.1 Å². The van der Waals surface area contributed by atoms with Gasteiger partial charge in [0.15, 0.2) is 0 Å². The molecule has 1 aliphatic heterocycles. The summed E-state index contributed by atoms with van der Waals surface area (Å²) in [6.07, 6.45) is 4.30. The molecule has 0 aromatic carbocycles. The average Bonchev–Trinajstić information content (AvgIpc) is 2.29. The van der Waals surface area contributed by atoms with E-state index in [1.54, 1.807) is 0 Å². The monoisotopic (exact) mass is 284 g/mol. The number of halogens is 1. The number of pyridine rings is 1. The van der Waals surface area contributed by atoms with E-state index < -0.39 is 0 Å². The van der Waals surface area contributed by atoms with Crippen molar-refractivity contribution in [3.8, 4) is 0 Å². The summed E-state index contributed by atoms with van der Waals surface area (Å²) in [6, 6.07) is 2.08. The second kappa shape index (κ2) is 5.64. The first kappa shape index (κ1) is 11.9. The van der Waals surface area contributed by atoms with Crippen LogP contribution >= 0.6 is 15.9 Å². The van der Waals surface area contributed by atoms with Crippen LogP contribution in [0.5, 0.6) is 0 Å². The molecule has 2 heterocycles. The molecule has 1 atom stereocenters. The van der Waals surface area contributed by atoms with Crippen LogP contribution in [-0.2, 0) is 4.74 Å². The minimum Gasteiger partial charge on any atom is -0.381 e. The summed E-state index contributed by atoms with van der Waals surface area (Å²) in [6.45, 7) is 4.77. The number of aryl methyl sites for hydroxylation is 1. The van der Waals surface area contributed by atoms with E-state index in [9.17, 15) is 0 Å². The highest BCUT2D eigenvalue weighted by molar-refractivity contribution is 9.10. The van der Waals surface area contributed by atoms with Crippen molar-refractivity contribution < 1.29 is 4.74 Å². The Morgan fingerprint density at radius 2 is 2.50 bits per heavy atom. The number of nitrogens with one attached hydrogen (secondary N) is 1. The molecule has 0 spiro atoms. The number of rotatable bonds is 3. The first-order valence-corrected chi connectivity index (χ1v) is 6.49. The summed E-state index contributed by atoms with van der Waals surface area (Å²) in [7, 11) is 0. The SMILES string of the molecule is Cc1cnc(NCC2CCCOC2)c(Br)c1. The lowest BCUT2D eigenvalue weighted by Gasteiger charge is -2.22. The van der Waals surface area contributed by atoms with Crippen molar-refractivity contribution in [1.29, 1.82) is 0 Å². The molecule has 0 amide bonds. The largest absolute Gasteiger partial charge is 0.381 e. The maximum Gasteiger partial charge on any atom is 0.140 e. The third kappa shape index (κ3) is 3.19. The van der Waals surface area contributed by atoms with Gasteiger partial charge in [-0.15, -0.1) is 0 Å². The Kier molecular flexibility index (Phi) is 4.18. The van der Waals surface area contributed by atoms with Crippen molar-refractivity contribution in [2.75, 3.05) is 25.1 Å². The summed E-state index contributed by atoms with van der Waals surface area (Å²) in [5.41, 5.74) is 1.17. The Labute approximate surface area is 105 Å². The second-order valence-corrected chi connectivity index (χ2v) is 5.16. The van der Waals surface area contributed by atoms with Crippen LogP contribution in [0.15, 0.2) is 16.7 Å². The van der Waals surface area contributed by atoms with Crippen molar-refractivity contribution >= 4 is 21.7 Å². The van der Waals surface area contributed by atoms with Crippen LogP contribution in [0.25, 0.3) is 0 Å². The molecule has 0 aliphatic carbocycles. The predicted octanol–water partition coefficient (Wildman–Crippen LogP) is 2.99. The summed E-state index contributed by atoms with van der Waals surface area (Å²) >= 11 is 3.52. The van der Waals surface area contributed by atoms with Gasteiger partial charge in [-0.3, -0.25) is 0 Å². The molecular formula is C12H17BrN2O. The van der Waals surface area contributed by atoms with E-state index in [2.05, 4.69) is 32.3 Å². The fraction of sp³-hybridized carbons (Fsp3) is 0.583. The Bertz CT molecular complexity index is 351. The standard InChI is InChI=1S/C12H17BrN2O/c1-9-5-11(13)12(14-6-9)15-7-10-3-2-4-16-8-10/h5-6,10H,2-4,7-8H2,1H3,(H,14,15). The zero-order chi connectivity index (χ0) is 11.4. The molecule has 2 rings (SSSR count). The third-order valence-corrected chi connectivity index (χ3v) is 3.40. The van der Waals surface area contributed by atoms with Gasteiger partial charge in [0.05, 0.1) is 11.1 Å². The average molecular weight is 285 g/mol. The van der Waals surface area contributed by atoms with Crippen molar-refractivity contribution in [2.24, 2.45) is 5.92 Å². The van der Waals surface area contributed by atoms with Crippen molar-refractivity contribution in [2.45, 2.75) is 19.8 Å². The van der Waals surface area contributed by atoms with Gasteiger partial charge in [0.25, 0.3) is 0 Å². The number of aromatic nitrogens is 1. The quantitative estimate of drug-likeness (QED) is 0.927. The van der Waals surface area contributed by atoms with Gasteiger partial charge in [0.2, 0.25) is 0 Å². The van der Waals surface area contributed by atoms with Gasteiger partial charge in [-0.2, -0.15) is 0 Å². The minimum atomic E-state index is 0.615. The summed E-state index contributed by atoms with van der Waals surface area (Å²) < 4.78 is 6.48. The molecule has 1 unspecified atom stereocenters. The van der Waals surface area contributed by atoms with Crippen LogP contribution in [0, 0.1) is 12.8 Å². The first-order valence-electron chi connectivity index (χ1n) is 5.69. The van der Waals surface area contributed by atoms with E-state index in [4.69, 9.17) is 4.74 Å². The van der Waals surface area contributed by atoms with Gasteiger partial charge >= 0.3 is 0 Å². The van der Waals surface area contributed by atoms with Crippen LogP contribution in [-0.4, -0.2) is 24.7 Å². The molecule has 0 saturated carbocycles. The van der Waals surface area contributed by atoms with E-state index in [0.717, 1.165) is 30.0 Å². The second-order valence-electron chi connectivity index (χ2n) is 4.31. The summed E-state index contributed by atoms with van der Waals surface area (Å²) in [5, 5.41) is 3.37. The molecule has 1 saturated heterocycles. The van der Waals surface area contributed by atoms with Gasteiger partial charge in [-0.25, -0.2) is 4.98 Å². The Morgan fingerprint density at radius 1 is 1.62 bits per heavy atom. The van der Waals surface area contributed by atoms with Crippen LogP contribution < -0.4 is 5.32 Å². The van der Waals surface area contributed by atoms with Crippen molar-refractivity contribution in [3.05, 3.63) is 22.3 Å². The molecule has 0 radical (unpaired) electrons. The van der Waals surface area contributed by atoms with Crippen LogP contribution in [0.2, 0.25) is 0 Å². The molecule has 0 bridgehead atoms. The number of anilines is 1. The summed E-state index contributed by atoms with van der Waals surface area (Å²) in [5.74, 6) is 1.54. The van der Waals surface area contributed by atoms with Crippen molar-refractivity contribution in [1.82, 2.24) is 4.98 Å². The first-order chi connectivity index (χ1) is 7.75. The molecule has 1 aromatic rings. The molecule has 4 heteroatoms. The number of hydrogen-bond donors (Lipinski definition) is 1. The van der Waals surface area contributed by atoms with Crippen molar-refractivity contribution in [3.63, 3.8) is 0 Å². The van der Waals surface area contributed by atoms with Crippen LogP contribution in [0.3, 0.4) is 0 Å². The number of hydrogen-bond acceptors (Lipinski definition) is 3.